The van der Waals surface area contributed by atoms with Crippen LogP contribution >= 0.6 is 15.9 Å². The summed E-state index contributed by atoms with van der Waals surface area (Å²) < 4.78 is 4.51. The Bertz CT molecular complexity index is 420. The molecule has 0 bridgehead atoms. The average Bonchev–Trinajstić information content (AvgIpc) is 2.37. The smallest absolute Gasteiger partial charge is 0.411 e. The molecule has 0 aromatic heterocycles. The van der Waals surface area contributed by atoms with E-state index in [4.69, 9.17) is 0 Å². The van der Waals surface area contributed by atoms with Gasteiger partial charge in [-0.2, -0.15) is 0 Å². The number of methoxy groups -OCH3 is 1. The Balaban J connectivity index is 2.99. The predicted octanol–water partition coefficient (Wildman–Crippen LogP) is 3.06. The lowest BCUT2D eigenvalue weighted by Gasteiger charge is -2.12. The first kappa shape index (κ1) is 13.7. The maximum atomic E-state index is 11.1. The Kier molecular flexibility index (Phi) is 5.15. The zero-order valence-electron chi connectivity index (χ0n) is 9.70. The molecule has 1 aromatic rings. The molecule has 0 aliphatic carbocycles. The second-order valence-electron chi connectivity index (χ2n) is 3.42. The van der Waals surface area contributed by atoms with Crippen LogP contribution in [-0.4, -0.2) is 19.5 Å². The van der Waals surface area contributed by atoms with Crippen LogP contribution < -0.4 is 5.32 Å². The molecule has 0 saturated heterocycles. The highest BCUT2D eigenvalue weighted by Crippen LogP contribution is 2.27. The number of carbonyl (C=O) groups is 2. The molecule has 0 fully saturated rings. The van der Waals surface area contributed by atoms with Crippen LogP contribution in [0.5, 0.6) is 0 Å². The first-order valence-electron chi connectivity index (χ1n) is 5.19. The van der Waals surface area contributed by atoms with E-state index in [-0.39, 0.29) is 4.83 Å². The molecule has 1 atom stereocenters. The van der Waals surface area contributed by atoms with E-state index in [1.807, 2.05) is 19.1 Å². The maximum absolute atomic E-state index is 11.1. The van der Waals surface area contributed by atoms with E-state index in [1.165, 1.54) is 7.11 Å². The van der Waals surface area contributed by atoms with Crippen LogP contribution in [0.15, 0.2) is 18.2 Å². The van der Waals surface area contributed by atoms with Gasteiger partial charge in [0.25, 0.3) is 0 Å². The van der Waals surface area contributed by atoms with Crippen molar-refractivity contribution < 1.29 is 14.3 Å². The molecule has 0 heterocycles. The fourth-order valence-corrected chi connectivity index (χ4v) is 1.95. The van der Waals surface area contributed by atoms with Gasteiger partial charge in [0.15, 0.2) is 0 Å². The van der Waals surface area contributed by atoms with E-state index >= 15 is 0 Å². The number of nitrogens with one attached hydrogen (secondary N) is 1. The quantitative estimate of drug-likeness (QED) is 0.687. The number of ether oxygens (including phenoxy) is 1. The summed E-state index contributed by atoms with van der Waals surface area (Å²) in [5.74, 6) is 0. The SMILES string of the molecule is CCc1cc(NC(=O)OC)ccc1C(Br)C=O. The topological polar surface area (TPSA) is 55.4 Å². The molecular weight excluding hydrogens is 286 g/mol. The molecule has 4 nitrogen and oxygen atoms in total. The molecule has 0 radical (unpaired) electrons. The maximum Gasteiger partial charge on any atom is 0.411 e. The summed E-state index contributed by atoms with van der Waals surface area (Å²) in [7, 11) is 1.31. The van der Waals surface area contributed by atoms with Gasteiger partial charge in [0.05, 0.1) is 11.9 Å². The lowest BCUT2D eigenvalue weighted by Crippen LogP contribution is -2.11. The number of aldehydes is 1. The van der Waals surface area contributed by atoms with Gasteiger partial charge in [-0.3, -0.25) is 5.32 Å². The Hall–Kier alpha value is -1.36. The van der Waals surface area contributed by atoms with E-state index in [0.717, 1.165) is 23.8 Å². The standard InChI is InChI=1S/C12H14BrNO3/c1-3-8-6-9(14-12(16)17-2)4-5-10(8)11(13)7-15/h4-7,11H,3H2,1-2H3,(H,14,16). The fourth-order valence-electron chi connectivity index (χ4n) is 1.50. The highest BCUT2D eigenvalue weighted by atomic mass is 79.9. The summed E-state index contributed by atoms with van der Waals surface area (Å²) in [6.45, 7) is 1.99. The lowest BCUT2D eigenvalue weighted by molar-refractivity contribution is -0.107. The van der Waals surface area contributed by atoms with Crippen LogP contribution in [0.1, 0.15) is 22.9 Å². The number of hydrogen-bond acceptors (Lipinski definition) is 3. The van der Waals surface area contributed by atoms with E-state index in [1.54, 1.807) is 6.07 Å². The Labute approximate surface area is 108 Å². The molecular formula is C12H14BrNO3. The second kappa shape index (κ2) is 6.39. The predicted molar refractivity (Wildman–Crippen MR) is 69.6 cm³/mol. The number of amides is 1. The van der Waals surface area contributed by atoms with Crippen molar-refractivity contribution in [3.05, 3.63) is 29.3 Å². The Morgan fingerprint density at radius 1 is 1.59 bits per heavy atom. The lowest BCUT2D eigenvalue weighted by atomic mass is 10.0. The number of carbonyl (C=O) groups excluding carboxylic acids is 2. The summed E-state index contributed by atoms with van der Waals surface area (Å²) >= 11 is 3.29. The van der Waals surface area contributed by atoms with E-state index in [9.17, 15) is 9.59 Å². The summed E-state index contributed by atoms with van der Waals surface area (Å²) in [4.78, 5) is 21.5. The number of alkyl halides is 1. The van der Waals surface area contributed by atoms with Gasteiger partial charge >= 0.3 is 6.09 Å². The monoisotopic (exact) mass is 299 g/mol. The van der Waals surface area contributed by atoms with Crippen molar-refractivity contribution in [3.8, 4) is 0 Å². The van der Waals surface area contributed by atoms with Crippen molar-refractivity contribution >= 4 is 34.0 Å². The molecule has 1 rings (SSSR count). The molecule has 0 aliphatic heterocycles. The first-order valence-corrected chi connectivity index (χ1v) is 6.11. The first-order chi connectivity index (χ1) is 8.12. The molecule has 92 valence electrons. The van der Waals surface area contributed by atoms with E-state index < -0.39 is 6.09 Å². The third-order valence-electron chi connectivity index (χ3n) is 2.37. The number of benzene rings is 1. The van der Waals surface area contributed by atoms with Crippen LogP contribution in [0.4, 0.5) is 10.5 Å². The minimum absolute atomic E-state index is 0.315. The number of aryl methyl sites for hydroxylation is 1. The van der Waals surface area contributed by atoms with Gasteiger partial charge < -0.3 is 9.53 Å². The zero-order valence-corrected chi connectivity index (χ0v) is 11.3. The molecule has 17 heavy (non-hydrogen) atoms. The van der Waals surface area contributed by atoms with Gasteiger partial charge in [-0.15, -0.1) is 0 Å². The largest absolute Gasteiger partial charge is 0.453 e. The molecule has 1 aromatic carbocycles. The molecule has 0 aliphatic rings. The Morgan fingerprint density at radius 3 is 2.82 bits per heavy atom. The van der Waals surface area contributed by atoms with Crippen molar-refractivity contribution in [1.82, 2.24) is 0 Å². The van der Waals surface area contributed by atoms with Gasteiger partial charge in [0, 0.05) is 5.69 Å². The molecule has 1 amide bonds. The average molecular weight is 300 g/mol. The summed E-state index contributed by atoms with van der Waals surface area (Å²) in [6.07, 6.45) is 1.11. The van der Waals surface area contributed by atoms with Gasteiger partial charge in [0.1, 0.15) is 6.29 Å². The van der Waals surface area contributed by atoms with Gasteiger partial charge in [-0.25, -0.2) is 4.79 Å². The van der Waals surface area contributed by atoms with Gasteiger partial charge in [-0.05, 0) is 29.7 Å². The van der Waals surface area contributed by atoms with Crippen LogP contribution in [0, 0.1) is 0 Å². The third kappa shape index (κ3) is 3.56. The van der Waals surface area contributed by atoms with Gasteiger partial charge in [-0.1, -0.05) is 28.9 Å². The molecule has 1 unspecified atom stereocenters. The van der Waals surface area contributed by atoms with E-state index in [0.29, 0.717) is 5.69 Å². The minimum Gasteiger partial charge on any atom is -0.453 e. The van der Waals surface area contributed by atoms with Crippen LogP contribution in [-0.2, 0) is 16.0 Å². The van der Waals surface area contributed by atoms with Crippen LogP contribution in [0.25, 0.3) is 0 Å². The van der Waals surface area contributed by atoms with Crippen molar-refractivity contribution in [2.45, 2.75) is 18.2 Å². The van der Waals surface area contributed by atoms with E-state index in [2.05, 4.69) is 26.0 Å². The molecule has 5 heteroatoms. The second-order valence-corrected chi connectivity index (χ2v) is 4.41. The minimum atomic E-state index is -0.509. The number of anilines is 1. The summed E-state index contributed by atoms with van der Waals surface area (Å²) in [6, 6.07) is 5.39. The van der Waals surface area contributed by atoms with Crippen molar-refractivity contribution in [2.24, 2.45) is 0 Å². The molecule has 1 N–H and O–H groups in total. The van der Waals surface area contributed by atoms with Gasteiger partial charge in [0.2, 0.25) is 0 Å². The number of halogens is 1. The zero-order chi connectivity index (χ0) is 12.8. The summed E-state index contributed by atoms with van der Waals surface area (Å²) in [5.41, 5.74) is 2.58. The van der Waals surface area contributed by atoms with Crippen molar-refractivity contribution in [2.75, 3.05) is 12.4 Å². The Morgan fingerprint density at radius 2 is 2.29 bits per heavy atom. The highest BCUT2D eigenvalue weighted by molar-refractivity contribution is 9.09. The van der Waals surface area contributed by atoms with Crippen LogP contribution in [0.3, 0.4) is 0 Å². The van der Waals surface area contributed by atoms with Crippen LogP contribution in [0.2, 0.25) is 0 Å². The summed E-state index contributed by atoms with van der Waals surface area (Å²) in [5, 5.41) is 2.59. The molecule has 0 spiro atoms. The normalized spacial score (nSPS) is 11.7. The number of rotatable bonds is 4. The van der Waals surface area contributed by atoms with Crippen molar-refractivity contribution in [1.29, 1.82) is 0 Å². The third-order valence-corrected chi connectivity index (χ3v) is 3.08. The highest BCUT2D eigenvalue weighted by Gasteiger charge is 2.11. The number of hydrogen-bond donors (Lipinski definition) is 1. The van der Waals surface area contributed by atoms with Crippen molar-refractivity contribution in [3.63, 3.8) is 0 Å². The molecule has 0 saturated carbocycles. The fraction of sp³-hybridized carbons (Fsp3) is 0.333.